The van der Waals surface area contributed by atoms with Crippen LogP contribution in [0.2, 0.25) is 0 Å². The number of hydrogen-bond acceptors (Lipinski definition) is 5. The van der Waals surface area contributed by atoms with Crippen molar-refractivity contribution < 1.29 is 13.2 Å². The van der Waals surface area contributed by atoms with Crippen LogP contribution in [0.15, 0.2) is 53.8 Å². The second-order valence-electron chi connectivity index (χ2n) is 7.27. The maximum atomic E-state index is 13.1. The number of fused-ring (bicyclic) bond motifs is 2. The third-order valence-corrected chi connectivity index (χ3v) is 7.41. The molecule has 0 aliphatic carbocycles. The molecule has 0 unspecified atom stereocenters. The van der Waals surface area contributed by atoms with E-state index in [0.717, 1.165) is 5.69 Å². The largest absolute Gasteiger partial charge is 0.345 e. The highest BCUT2D eigenvalue weighted by molar-refractivity contribution is 7.89. The van der Waals surface area contributed by atoms with E-state index in [1.165, 1.54) is 10.5 Å². The summed E-state index contributed by atoms with van der Waals surface area (Å²) < 4.78 is 29.5. The minimum atomic E-state index is -3.68. The highest BCUT2D eigenvalue weighted by Gasteiger charge is 2.32. The third-order valence-electron chi connectivity index (χ3n) is 5.47. The van der Waals surface area contributed by atoms with Crippen LogP contribution in [0.3, 0.4) is 0 Å². The number of rotatable bonds is 3. The van der Waals surface area contributed by atoms with Gasteiger partial charge in [0.1, 0.15) is 21.9 Å². The van der Waals surface area contributed by atoms with Gasteiger partial charge >= 0.3 is 0 Å². The zero-order valence-corrected chi connectivity index (χ0v) is 17.1. The van der Waals surface area contributed by atoms with Crippen molar-refractivity contribution in [3.8, 4) is 0 Å². The molecule has 1 N–H and O–H groups in total. The molecule has 30 heavy (non-hydrogen) atoms. The quantitative estimate of drug-likeness (QED) is 0.539. The van der Waals surface area contributed by atoms with E-state index < -0.39 is 10.0 Å². The van der Waals surface area contributed by atoms with E-state index in [-0.39, 0.29) is 23.9 Å². The third kappa shape index (κ3) is 2.96. The van der Waals surface area contributed by atoms with Crippen LogP contribution in [-0.2, 0) is 10.0 Å². The number of H-pyrrole nitrogens is 1. The molecule has 5 heterocycles. The number of piperazine rings is 1. The molecule has 5 rings (SSSR count). The Bertz CT molecular complexity index is 1370. The topological polar surface area (TPSA) is 104 Å². The highest BCUT2D eigenvalue weighted by Crippen LogP contribution is 2.25. The first kappa shape index (κ1) is 18.8. The number of aryl methyl sites for hydroxylation is 1. The fourth-order valence-corrected chi connectivity index (χ4v) is 5.40. The SMILES string of the molecule is Cc1cccc2nc(C(=O)N3CCN(S(=O)(=O)c4c[nH]c5ncccc45)CC3)cn12. The summed E-state index contributed by atoms with van der Waals surface area (Å²) in [7, 11) is -3.68. The zero-order chi connectivity index (χ0) is 20.9. The predicted octanol–water partition coefficient (Wildman–Crippen LogP) is 1.67. The van der Waals surface area contributed by atoms with Gasteiger partial charge in [-0.05, 0) is 31.2 Å². The Balaban J connectivity index is 1.34. The van der Waals surface area contributed by atoms with Crippen molar-refractivity contribution >= 4 is 32.6 Å². The average Bonchev–Trinajstić information content (AvgIpc) is 3.39. The van der Waals surface area contributed by atoms with E-state index in [1.807, 2.05) is 29.5 Å². The summed E-state index contributed by atoms with van der Waals surface area (Å²) >= 11 is 0. The number of hydrogen-bond donors (Lipinski definition) is 1. The standard InChI is InChI=1S/C20H20N6O3S/c1-14-4-2-6-18-23-16(13-26(14)18)20(27)24-8-10-25(11-9-24)30(28,29)17-12-22-19-15(17)5-3-7-21-19/h2-7,12-13H,8-11H2,1H3,(H,21,22). The van der Waals surface area contributed by atoms with E-state index in [2.05, 4.69) is 15.0 Å². The van der Waals surface area contributed by atoms with Crippen molar-refractivity contribution in [2.75, 3.05) is 26.2 Å². The molecule has 4 aromatic rings. The molecule has 0 spiro atoms. The number of pyridine rings is 2. The van der Waals surface area contributed by atoms with E-state index in [4.69, 9.17) is 0 Å². The van der Waals surface area contributed by atoms with Gasteiger partial charge in [-0.1, -0.05) is 6.07 Å². The van der Waals surface area contributed by atoms with Gasteiger partial charge < -0.3 is 14.3 Å². The van der Waals surface area contributed by atoms with Crippen LogP contribution in [0.4, 0.5) is 0 Å². The Morgan fingerprint density at radius 1 is 1.10 bits per heavy atom. The molecule has 0 atom stereocenters. The van der Waals surface area contributed by atoms with Gasteiger partial charge in [-0.15, -0.1) is 0 Å². The fraction of sp³-hybridized carbons (Fsp3) is 0.250. The smallest absolute Gasteiger partial charge is 0.274 e. The molecule has 1 fully saturated rings. The summed E-state index contributed by atoms with van der Waals surface area (Å²) in [6.07, 6.45) is 4.82. The number of carbonyl (C=O) groups excluding carboxylic acids is 1. The van der Waals surface area contributed by atoms with E-state index in [1.54, 1.807) is 29.4 Å². The second-order valence-corrected chi connectivity index (χ2v) is 9.18. The van der Waals surface area contributed by atoms with Gasteiger partial charge in [0, 0.05) is 55.8 Å². The summed E-state index contributed by atoms with van der Waals surface area (Å²) in [6, 6.07) is 9.15. The molecule has 0 aromatic carbocycles. The lowest BCUT2D eigenvalue weighted by Crippen LogP contribution is -2.50. The first-order valence-corrected chi connectivity index (χ1v) is 11.1. The minimum absolute atomic E-state index is 0.188. The van der Waals surface area contributed by atoms with Gasteiger partial charge in [-0.25, -0.2) is 18.4 Å². The average molecular weight is 424 g/mol. The number of sulfonamides is 1. The Labute approximate surface area is 173 Å². The van der Waals surface area contributed by atoms with Crippen LogP contribution < -0.4 is 0 Å². The van der Waals surface area contributed by atoms with Crippen LogP contribution >= 0.6 is 0 Å². The number of amides is 1. The van der Waals surface area contributed by atoms with Crippen molar-refractivity contribution in [2.45, 2.75) is 11.8 Å². The molecule has 10 heteroatoms. The van der Waals surface area contributed by atoms with Gasteiger partial charge in [0.25, 0.3) is 5.91 Å². The van der Waals surface area contributed by atoms with Gasteiger partial charge in [-0.3, -0.25) is 4.79 Å². The van der Waals surface area contributed by atoms with Gasteiger partial charge in [0.05, 0.1) is 0 Å². The fourth-order valence-electron chi connectivity index (χ4n) is 3.83. The molecule has 1 amide bonds. The first-order chi connectivity index (χ1) is 14.4. The van der Waals surface area contributed by atoms with Gasteiger partial charge in [0.15, 0.2) is 0 Å². The van der Waals surface area contributed by atoms with Crippen molar-refractivity contribution in [1.82, 2.24) is 28.6 Å². The number of nitrogens with one attached hydrogen (secondary N) is 1. The lowest BCUT2D eigenvalue weighted by atomic mass is 10.3. The summed E-state index contributed by atoms with van der Waals surface area (Å²) in [4.78, 5) is 26.3. The Kier molecular flexibility index (Phi) is 4.33. The Morgan fingerprint density at radius 3 is 2.67 bits per heavy atom. The molecule has 154 valence electrons. The van der Waals surface area contributed by atoms with Crippen LogP contribution in [0.25, 0.3) is 16.7 Å². The molecule has 0 bridgehead atoms. The molecule has 9 nitrogen and oxygen atoms in total. The normalized spacial score (nSPS) is 15.8. The van der Waals surface area contributed by atoms with Crippen molar-refractivity contribution in [3.63, 3.8) is 0 Å². The number of imidazole rings is 1. The molecular formula is C20H20N6O3S. The van der Waals surface area contributed by atoms with Crippen molar-refractivity contribution in [1.29, 1.82) is 0 Å². The van der Waals surface area contributed by atoms with Crippen molar-refractivity contribution in [2.24, 2.45) is 0 Å². The van der Waals surface area contributed by atoms with Crippen LogP contribution in [0.5, 0.6) is 0 Å². The van der Waals surface area contributed by atoms with Gasteiger partial charge in [0.2, 0.25) is 10.0 Å². The molecular weight excluding hydrogens is 404 g/mol. The maximum absolute atomic E-state index is 13.1. The van der Waals surface area contributed by atoms with Crippen LogP contribution in [0.1, 0.15) is 16.2 Å². The van der Waals surface area contributed by atoms with Crippen LogP contribution in [0, 0.1) is 6.92 Å². The molecule has 1 aliphatic rings. The Morgan fingerprint density at radius 2 is 1.90 bits per heavy atom. The molecule has 0 saturated carbocycles. The molecule has 0 radical (unpaired) electrons. The number of nitrogens with zero attached hydrogens (tertiary/aromatic N) is 5. The first-order valence-electron chi connectivity index (χ1n) is 9.61. The number of aromatic nitrogens is 4. The van der Waals surface area contributed by atoms with Crippen molar-refractivity contribution in [3.05, 3.63) is 60.3 Å². The van der Waals surface area contributed by atoms with Crippen LogP contribution in [-0.4, -0.2) is 69.1 Å². The highest BCUT2D eigenvalue weighted by atomic mass is 32.2. The maximum Gasteiger partial charge on any atom is 0.274 e. The van der Waals surface area contributed by atoms with E-state index in [0.29, 0.717) is 35.5 Å². The molecule has 4 aromatic heterocycles. The molecule has 1 aliphatic heterocycles. The molecule has 1 saturated heterocycles. The predicted molar refractivity (Wildman–Crippen MR) is 111 cm³/mol. The number of carbonyl (C=O) groups is 1. The minimum Gasteiger partial charge on any atom is -0.345 e. The monoisotopic (exact) mass is 424 g/mol. The Hall–Kier alpha value is -3.24. The lowest BCUT2D eigenvalue weighted by molar-refractivity contribution is 0.0692. The summed E-state index contributed by atoms with van der Waals surface area (Å²) in [6.45, 7) is 3.03. The lowest BCUT2D eigenvalue weighted by Gasteiger charge is -2.33. The van der Waals surface area contributed by atoms with E-state index in [9.17, 15) is 13.2 Å². The summed E-state index contributed by atoms with van der Waals surface area (Å²) in [5.74, 6) is -0.188. The van der Waals surface area contributed by atoms with Gasteiger partial charge in [-0.2, -0.15) is 4.31 Å². The van der Waals surface area contributed by atoms with E-state index >= 15 is 0 Å². The summed E-state index contributed by atoms with van der Waals surface area (Å²) in [5.41, 5.74) is 2.60. The summed E-state index contributed by atoms with van der Waals surface area (Å²) in [5, 5.41) is 0.566. The zero-order valence-electron chi connectivity index (χ0n) is 16.3. The number of aromatic amines is 1. The second kappa shape index (κ2) is 6.92.